The molecule has 0 amide bonds. The lowest BCUT2D eigenvalue weighted by Gasteiger charge is -2.18. The van der Waals surface area contributed by atoms with E-state index >= 15 is 0 Å². The van der Waals surface area contributed by atoms with Gasteiger partial charge in [0.2, 0.25) is 0 Å². The Morgan fingerprint density at radius 2 is 0.789 bits per heavy atom. The minimum Gasteiger partial charge on any atom is -0.456 e. The Hall–Kier alpha value is -6.78. The summed E-state index contributed by atoms with van der Waals surface area (Å²) in [4.78, 5) is 0. The summed E-state index contributed by atoms with van der Waals surface area (Å²) in [6.07, 6.45) is 0. The van der Waals surface area contributed by atoms with Crippen LogP contribution in [-0.2, 0) is 0 Å². The lowest BCUT2D eigenvalue weighted by molar-refractivity contribution is 0.669. The Bertz CT molecular complexity index is 3750. The van der Waals surface area contributed by atoms with Crippen LogP contribution in [0.1, 0.15) is 0 Å². The van der Waals surface area contributed by atoms with Gasteiger partial charge in [0, 0.05) is 56.5 Å². The van der Waals surface area contributed by atoms with Crippen molar-refractivity contribution in [2.24, 2.45) is 0 Å². The van der Waals surface area contributed by atoms with Crippen molar-refractivity contribution in [1.82, 2.24) is 0 Å². The Balaban J connectivity index is 0.990. The fraction of sp³-hybridized carbons (Fsp3) is 0. The third-order valence-corrected chi connectivity index (χ3v) is 14.4. The lowest BCUT2D eigenvalue weighted by atomic mass is 9.85. The standard InChI is InChI=1S/C54H30OS2/c1-6-18-42-34(11-1)43(28-46-45-30-50-44(29-51(45)57-54(42)46)37-13-8-10-20-49(37)56-50)31-21-23-32(24-22-31)52-38-14-2-4-16-40(38)53(41-17-5-3-15-39(41)52)33-25-26-36-35-12-7-9-19-47(35)55-48(36)27-33/h1-30H. The monoisotopic (exact) mass is 758 g/mol. The quantitative estimate of drug-likeness (QED) is 0.164. The van der Waals surface area contributed by atoms with Crippen LogP contribution in [0.2, 0.25) is 0 Å². The molecule has 3 heteroatoms. The smallest absolute Gasteiger partial charge is 0.136 e. The number of thiophene rings is 2. The molecule has 57 heavy (non-hydrogen) atoms. The first kappa shape index (κ1) is 31.4. The highest BCUT2D eigenvalue weighted by molar-refractivity contribution is 7.28. The van der Waals surface area contributed by atoms with Gasteiger partial charge in [-0.2, -0.15) is 0 Å². The molecule has 0 N–H and O–H groups in total. The van der Waals surface area contributed by atoms with Crippen LogP contribution in [0.25, 0.3) is 128 Å². The van der Waals surface area contributed by atoms with E-state index in [1.165, 1.54) is 100 Å². The zero-order valence-electron chi connectivity index (χ0n) is 30.5. The maximum absolute atomic E-state index is 6.38. The van der Waals surface area contributed by atoms with Gasteiger partial charge in [-0.3, -0.25) is 0 Å². The molecule has 0 unspecified atom stereocenters. The van der Waals surface area contributed by atoms with Gasteiger partial charge in [0.15, 0.2) is 0 Å². The Morgan fingerprint density at radius 1 is 0.281 bits per heavy atom. The number of para-hydroxylation sites is 1. The molecule has 0 fully saturated rings. The first-order valence-corrected chi connectivity index (χ1v) is 21.0. The number of benzene rings is 10. The number of hydrogen-bond donors (Lipinski definition) is 0. The summed E-state index contributed by atoms with van der Waals surface area (Å²) in [7, 11) is 0. The van der Waals surface area contributed by atoms with E-state index in [2.05, 4.69) is 170 Å². The van der Waals surface area contributed by atoms with Crippen molar-refractivity contribution in [2.75, 3.05) is 0 Å². The van der Waals surface area contributed by atoms with Crippen LogP contribution in [0.3, 0.4) is 0 Å². The van der Waals surface area contributed by atoms with Gasteiger partial charge in [-0.1, -0.05) is 140 Å². The van der Waals surface area contributed by atoms with Crippen LogP contribution in [0.15, 0.2) is 186 Å². The number of furan rings is 1. The second-order valence-corrected chi connectivity index (χ2v) is 17.3. The molecule has 0 saturated carbocycles. The second-order valence-electron chi connectivity index (χ2n) is 15.1. The van der Waals surface area contributed by atoms with Gasteiger partial charge in [-0.05, 0) is 103 Å². The molecule has 3 heterocycles. The van der Waals surface area contributed by atoms with Gasteiger partial charge in [-0.15, -0.1) is 22.7 Å². The van der Waals surface area contributed by atoms with E-state index in [1.54, 1.807) is 0 Å². The van der Waals surface area contributed by atoms with Crippen LogP contribution in [0.4, 0.5) is 0 Å². The topological polar surface area (TPSA) is 13.1 Å². The molecule has 0 saturated heterocycles. The van der Waals surface area contributed by atoms with Crippen molar-refractivity contribution in [3.63, 3.8) is 0 Å². The second kappa shape index (κ2) is 11.9. The van der Waals surface area contributed by atoms with E-state index < -0.39 is 0 Å². The molecule has 0 aliphatic carbocycles. The molecule has 13 rings (SSSR count). The molecule has 0 aliphatic rings. The molecule has 10 aromatic carbocycles. The van der Waals surface area contributed by atoms with Crippen LogP contribution >= 0.6 is 22.7 Å². The summed E-state index contributed by atoms with van der Waals surface area (Å²) in [6, 6.07) is 67.1. The summed E-state index contributed by atoms with van der Waals surface area (Å²) in [6.45, 7) is 0. The normalized spacial score (nSPS) is 12.2. The minimum atomic E-state index is 0.913. The largest absolute Gasteiger partial charge is 0.456 e. The molecular weight excluding hydrogens is 729 g/mol. The SMILES string of the molecule is c1ccc2c(c1)oc1cc(-c3c4ccccc4c(-c4ccc(-c5cc6c7cc8sc9ccccc9c8cc7sc6c6ccccc56)cc4)c4ccccc34)ccc12. The minimum absolute atomic E-state index is 0.913. The zero-order chi connectivity index (χ0) is 37.2. The van der Waals surface area contributed by atoms with Crippen molar-refractivity contribution < 1.29 is 4.42 Å². The van der Waals surface area contributed by atoms with Crippen molar-refractivity contribution >= 4 is 117 Å². The highest BCUT2D eigenvalue weighted by Crippen LogP contribution is 2.48. The zero-order valence-corrected chi connectivity index (χ0v) is 32.2. The van der Waals surface area contributed by atoms with Crippen molar-refractivity contribution in [2.45, 2.75) is 0 Å². The van der Waals surface area contributed by atoms with E-state index in [9.17, 15) is 0 Å². The molecule has 3 aromatic heterocycles. The van der Waals surface area contributed by atoms with E-state index in [-0.39, 0.29) is 0 Å². The molecule has 13 aromatic rings. The van der Waals surface area contributed by atoms with E-state index in [0.717, 1.165) is 27.5 Å². The Kier molecular flexibility index (Phi) is 6.54. The number of fused-ring (bicyclic) bond motifs is 13. The van der Waals surface area contributed by atoms with Crippen molar-refractivity contribution in [1.29, 1.82) is 0 Å². The van der Waals surface area contributed by atoms with Crippen molar-refractivity contribution in [3.8, 4) is 33.4 Å². The molecule has 0 atom stereocenters. The van der Waals surface area contributed by atoms with Gasteiger partial charge in [0.05, 0.1) is 0 Å². The Morgan fingerprint density at radius 3 is 1.51 bits per heavy atom. The average Bonchev–Trinajstić information content (AvgIpc) is 3.95. The highest BCUT2D eigenvalue weighted by Gasteiger charge is 2.19. The van der Waals surface area contributed by atoms with Gasteiger partial charge in [0.25, 0.3) is 0 Å². The first-order chi connectivity index (χ1) is 28.2. The summed E-state index contributed by atoms with van der Waals surface area (Å²) >= 11 is 3.82. The molecule has 1 nitrogen and oxygen atoms in total. The molecule has 0 radical (unpaired) electrons. The molecule has 0 spiro atoms. The maximum Gasteiger partial charge on any atom is 0.136 e. The Labute approximate surface area is 335 Å². The van der Waals surface area contributed by atoms with Crippen LogP contribution in [-0.4, -0.2) is 0 Å². The third kappa shape index (κ3) is 4.56. The van der Waals surface area contributed by atoms with Gasteiger partial charge in [0.1, 0.15) is 11.2 Å². The molecular formula is C54H30OS2. The van der Waals surface area contributed by atoms with E-state index in [1.807, 2.05) is 34.8 Å². The van der Waals surface area contributed by atoms with Crippen LogP contribution < -0.4 is 0 Å². The first-order valence-electron chi connectivity index (χ1n) is 19.4. The fourth-order valence-corrected chi connectivity index (χ4v) is 11.9. The fourth-order valence-electron chi connectivity index (χ4n) is 9.50. The average molecular weight is 759 g/mol. The van der Waals surface area contributed by atoms with Crippen molar-refractivity contribution in [3.05, 3.63) is 182 Å². The van der Waals surface area contributed by atoms with E-state index in [0.29, 0.717) is 0 Å². The summed E-state index contributed by atoms with van der Waals surface area (Å²) in [5, 5.41) is 15.2. The van der Waals surface area contributed by atoms with Gasteiger partial charge >= 0.3 is 0 Å². The number of rotatable bonds is 3. The summed E-state index contributed by atoms with van der Waals surface area (Å²) in [5.41, 5.74) is 9.20. The lowest BCUT2D eigenvalue weighted by Crippen LogP contribution is -1.91. The van der Waals surface area contributed by atoms with Gasteiger partial charge < -0.3 is 4.42 Å². The predicted molar refractivity (Wildman–Crippen MR) is 248 cm³/mol. The molecule has 264 valence electrons. The van der Waals surface area contributed by atoms with Crippen LogP contribution in [0.5, 0.6) is 0 Å². The number of hydrogen-bond acceptors (Lipinski definition) is 3. The predicted octanol–water partition coefficient (Wildman–Crippen LogP) is 16.8. The van der Waals surface area contributed by atoms with E-state index in [4.69, 9.17) is 4.42 Å². The highest BCUT2D eigenvalue weighted by atomic mass is 32.1. The summed E-state index contributed by atoms with van der Waals surface area (Å²) < 4.78 is 11.8. The molecule has 0 bridgehead atoms. The summed E-state index contributed by atoms with van der Waals surface area (Å²) in [5.74, 6) is 0. The molecule has 0 aliphatic heterocycles. The van der Waals surface area contributed by atoms with Crippen LogP contribution in [0, 0.1) is 0 Å². The van der Waals surface area contributed by atoms with Gasteiger partial charge in [-0.25, -0.2) is 0 Å². The maximum atomic E-state index is 6.38. The third-order valence-electron chi connectivity index (χ3n) is 12.1.